The van der Waals surface area contributed by atoms with E-state index in [1.54, 1.807) is 0 Å². The lowest BCUT2D eigenvalue weighted by atomic mass is 10.2. The SMILES string of the molecule is C[C@@H]([C]=O)C(F)F. The summed E-state index contributed by atoms with van der Waals surface area (Å²) >= 11 is 0. The maximum atomic E-state index is 11.2. The molecule has 0 unspecified atom stereocenters. The molecule has 0 aliphatic heterocycles. The fourth-order valence-corrected chi connectivity index (χ4v) is 0.0514. The van der Waals surface area contributed by atoms with E-state index in [9.17, 15) is 13.6 Å². The standard InChI is InChI=1S/C4H5F2O/c1-3(2-7)4(5)6/h3-4H,1H3/t3-/m0/s1. The second kappa shape index (κ2) is 2.66. The van der Waals surface area contributed by atoms with E-state index in [1.807, 2.05) is 0 Å². The summed E-state index contributed by atoms with van der Waals surface area (Å²) in [5, 5.41) is 0. The Morgan fingerprint density at radius 1 is 1.57 bits per heavy atom. The van der Waals surface area contributed by atoms with Crippen LogP contribution < -0.4 is 0 Å². The van der Waals surface area contributed by atoms with Gasteiger partial charge in [0.2, 0.25) is 12.7 Å². The summed E-state index contributed by atoms with van der Waals surface area (Å²) < 4.78 is 22.3. The van der Waals surface area contributed by atoms with Crippen LogP contribution in [0.1, 0.15) is 6.92 Å². The molecule has 0 N–H and O–H groups in total. The first-order chi connectivity index (χ1) is 3.18. The third-order valence-electron chi connectivity index (χ3n) is 0.564. The van der Waals surface area contributed by atoms with E-state index in [1.165, 1.54) is 0 Å². The predicted octanol–water partition coefficient (Wildman–Crippen LogP) is 0.997. The van der Waals surface area contributed by atoms with Gasteiger partial charge in [-0.05, 0) is 6.92 Å². The fourth-order valence-electron chi connectivity index (χ4n) is 0.0514. The minimum absolute atomic E-state index is 1.12. The fraction of sp³-hybridized carbons (Fsp3) is 0.750. The molecule has 3 heteroatoms. The first kappa shape index (κ1) is 6.53. The molecule has 0 heterocycles. The average Bonchev–Trinajstić information content (AvgIpc) is 1.65. The van der Waals surface area contributed by atoms with Crippen molar-refractivity contribution in [2.45, 2.75) is 13.3 Å². The van der Waals surface area contributed by atoms with Gasteiger partial charge in [-0.15, -0.1) is 0 Å². The van der Waals surface area contributed by atoms with Crippen molar-refractivity contribution >= 4 is 6.29 Å². The Kier molecular flexibility index (Phi) is 2.48. The topological polar surface area (TPSA) is 17.1 Å². The van der Waals surface area contributed by atoms with E-state index >= 15 is 0 Å². The van der Waals surface area contributed by atoms with Crippen molar-refractivity contribution in [2.24, 2.45) is 5.92 Å². The van der Waals surface area contributed by atoms with Crippen molar-refractivity contribution in [2.75, 3.05) is 0 Å². The lowest BCUT2D eigenvalue weighted by Crippen LogP contribution is -2.06. The molecule has 1 nitrogen and oxygen atoms in total. The summed E-state index contributed by atoms with van der Waals surface area (Å²) in [6.45, 7) is 1.12. The van der Waals surface area contributed by atoms with E-state index in [0.29, 0.717) is 0 Å². The maximum Gasteiger partial charge on any atom is 0.248 e. The lowest BCUT2D eigenvalue weighted by Gasteiger charge is -1.94. The molecule has 0 saturated heterocycles. The van der Waals surface area contributed by atoms with Crippen LogP contribution in [-0.4, -0.2) is 12.7 Å². The summed E-state index contributed by atoms with van der Waals surface area (Å²) in [5.41, 5.74) is 0. The van der Waals surface area contributed by atoms with Crippen molar-refractivity contribution in [3.05, 3.63) is 0 Å². The zero-order valence-corrected chi connectivity index (χ0v) is 3.82. The highest BCUT2D eigenvalue weighted by Crippen LogP contribution is 2.03. The molecule has 0 amide bonds. The number of hydrogen-bond donors (Lipinski definition) is 0. The molecule has 0 aliphatic rings. The molecule has 0 aromatic rings. The molecular weight excluding hydrogens is 102 g/mol. The Morgan fingerprint density at radius 2 is 2.00 bits per heavy atom. The molecule has 1 atom stereocenters. The third-order valence-corrected chi connectivity index (χ3v) is 0.564. The average molecular weight is 107 g/mol. The van der Waals surface area contributed by atoms with Gasteiger partial charge in [-0.2, -0.15) is 0 Å². The molecule has 7 heavy (non-hydrogen) atoms. The van der Waals surface area contributed by atoms with Gasteiger partial charge in [0.05, 0.1) is 5.92 Å². The minimum atomic E-state index is -2.56. The Hall–Kier alpha value is -0.470. The van der Waals surface area contributed by atoms with Gasteiger partial charge < -0.3 is 0 Å². The van der Waals surface area contributed by atoms with Crippen molar-refractivity contribution in [3.8, 4) is 0 Å². The number of rotatable bonds is 2. The largest absolute Gasteiger partial charge is 0.290 e. The molecule has 0 aromatic carbocycles. The maximum absolute atomic E-state index is 11.2. The summed E-state index contributed by atoms with van der Waals surface area (Å²) in [4.78, 5) is 9.34. The zero-order chi connectivity index (χ0) is 5.86. The van der Waals surface area contributed by atoms with E-state index < -0.39 is 12.3 Å². The zero-order valence-electron chi connectivity index (χ0n) is 3.82. The van der Waals surface area contributed by atoms with Crippen LogP contribution in [0.2, 0.25) is 0 Å². The highest BCUT2D eigenvalue weighted by molar-refractivity contribution is 5.54. The Balaban J connectivity index is 3.33. The van der Waals surface area contributed by atoms with Crippen LogP contribution in [0.25, 0.3) is 0 Å². The monoisotopic (exact) mass is 107 g/mol. The van der Waals surface area contributed by atoms with Crippen molar-refractivity contribution in [1.82, 2.24) is 0 Å². The van der Waals surface area contributed by atoms with Gasteiger partial charge in [0.25, 0.3) is 0 Å². The van der Waals surface area contributed by atoms with Gasteiger partial charge in [0.1, 0.15) is 0 Å². The molecular formula is C4H5F2O. The number of hydrogen-bond acceptors (Lipinski definition) is 1. The van der Waals surface area contributed by atoms with E-state index in [2.05, 4.69) is 0 Å². The first-order valence-electron chi connectivity index (χ1n) is 1.84. The first-order valence-corrected chi connectivity index (χ1v) is 1.84. The summed E-state index contributed by atoms with van der Waals surface area (Å²) in [6, 6.07) is 0. The molecule has 0 bridgehead atoms. The van der Waals surface area contributed by atoms with Crippen LogP contribution >= 0.6 is 0 Å². The van der Waals surface area contributed by atoms with Gasteiger partial charge in [0.15, 0.2) is 0 Å². The van der Waals surface area contributed by atoms with Crippen molar-refractivity contribution in [1.29, 1.82) is 0 Å². The van der Waals surface area contributed by atoms with Gasteiger partial charge in [-0.3, -0.25) is 4.79 Å². The van der Waals surface area contributed by atoms with Gasteiger partial charge in [0, 0.05) is 0 Å². The molecule has 1 radical (unpaired) electrons. The summed E-state index contributed by atoms with van der Waals surface area (Å²) in [6.07, 6.45) is -1.39. The molecule has 0 rings (SSSR count). The van der Waals surface area contributed by atoms with Gasteiger partial charge in [-0.25, -0.2) is 8.78 Å². The summed E-state index contributed by atoms with van der Waals surface area (Å²) in [5.74, 6) is -1.24. The lowest BCUT2D eigenvalue weighted by molar-refractivity contribution is 0.115. The molecule has 0 aliphatic carbocycles. The van der Waals surface area contributed by atoms with E-state index in [-0.39, 0.29) is 0 Å². The van der Waals surface area contributed by atoms with E-state index in [0.717, 1.165) is 13.2 Å². The highest BCUT2D eigenvalue weighted by Gasteiger charge is 2.12. The molecule has 0 saturated carbocycles. The third kappa shape index (κ3) is 2.25. The van der Waals surface area contributed by atoms with Crippen LogP contribution in [0.5, 0.6) is 0 Å². The molecule has 0 spiro atoms. The van der Waals surface area contributed by atoms with Crippen molar-refractivity contribution in [3.63, 3.8) is 0 Å². The Morgan fingerprint density at radius 3 is 2.00 bits per heavy atom. The van der Waals surface area contributed by atoms with Gasteiger partial charge in [-0.1, -0.05) is 0 Å². The predicted molar refractivity (Wildman–Crippen MR) is 20.9 cm³/mol. The molecule has 0 fully saturated rings. The van der Waals surface area contributed by atoms with Crippen LogP contribution in [0, 0.1) is 5.92 Å². The molecule has 0 aromatic heterocycles. The second-order valence-corrected chi connectivity index (χ2v) is 1.24. The van der Waals surface area contributed by atoms with Crippen molar-refractivity contribution < 1.29 is 13.6 Å². The Bertz CT molecular complexity index is 62.7. The van der Waals surface area contributed by atoms with Crippen LogP contribution in [0.15, 0.2) is 0 Å². The number of alkyl halides is 2. The van der Waals surface area contributed by atoms with Crippen LogP contribution in [-0.2, 0) is 4.79 Å². The highest BCUT2D eigenvalue weighted by atomic mass is 19.3. The Labute approximate surface area is 40.3 Å². The second-order valence-electron chi connectivity index (χ2n) is 1.24. The normalized spacial score (nSPS) is 14.3. The van der Waals surface area contributed by atoms with Crippen LogP contribution in [0.3, 0.4) is 0 Å². The quantitative estimate of drug-likeness (QED) is 0.514. The van der Waals surface area contributed by atoms with E-state index in [4.69, 9.17) is 0 Å². The minimum Gasteiger partial charge on any atom is -0.290 e. The molecule has 41 valence electrons. The van der Waals surface area contributed by atoms with Gasteiger partial charge >= 0.3 is 0 Å². The number of halogens is 2. The van der Waals surface area contributed by atoms with Crippen LogP contribution in [0.4, 0.5) is 8.78 Å². The summed E-state index contributed by atoms with van der Waals surface area (Å²) in [7, 11) is 0. The number of carbonyl (C=O) groups excluding carboxylic acids is 1. The smallest absolute Gasteiger partial charge is 0.248 e.